The van der Waals surface area contributed by atoms with Crippen LogP contribution in [0.5, 0.6) is 0 Å². The van der Waals surface area contributed by atoms with Crippen LogP contribution in [0.2, 0.25) is 0 Å². The van der Waals surface area contributed by atoms with Gasteiger partial charge in [0, 0.05) is 43.2 Å². The van der Waals surface area contributed by atoms with Crippen LogP contribution in [0.4, 0.5) is 4.39 Å². The number of hydrogen-bond donors (Lipinski definition) is 1. The highest BCUT2D eigenvalue weighted by Gasteiger charge is 2.28. The average molecular weight is 351 g/mol. The standard InChI is InChI=1S/C19H18FN5O/c20-15-5-3-13(4-6-15)17-18(22-10-9-21-17)14-2-1-11-25(12-14)19(26)16-7-8-23-24-16/h3-10,14H,1-2,11-12H2,(H,23,24)/t14-/m1/s1. The molecule has 0 unspecified atom stereocenters. The first-order chi connectivity index (χ1) is 12.7. The fraction of sp³-hybridized carbons (Fsp3) is 0.263. The van der Waals surface area contributed by atoms with Gasteiger partial charge in [0.1, 0.15) is 11.5 Å². The lowest BCUT2D eigenvalue weighted by atomic mass is 9.91. The number of halogens is 1. The van der Waals surface area contributed by atoms with Crippen LogP contribution in [-0.4, -0.2) is 44.1 Å². The van der Waals surface area contributed by atoms with Crippen LogP contribution in [0.3, 0.4) is 0 Å². The zero-order chi connectivity index (χ0) is 17.9. The Hall–Kier alpha value is -3.09. The van der Waals surface area contributed by atoms with Gasteiger partial charge in [-0.05, 0) is 43.2 Å². The molecule has 26 heavy (non-hydrogen) atoms. The molecule has 0 bridgehead atoms. The summed E-state index contributed by atoms with van der Waals surface area (Å²) < 4.78 is 13.2. The van der Waals surface area contributed by atoms with E-state index in [9.17, 15) is 9.18 Å². The first kappa shape index (κ1) is 16.4. The van der Waals surface area contributed by atoms with Crippen molar-refractivity contribution < 1.29 is 9.18 Å². The fourth-order valence-corrected chi connectivity index (χ4v) is 3.41. The molecule has 6 nitrogen and oxygen atoms in total. The van der Waals surface area contributed by atoms with E-state index < -0.39 is 0 Å². The van der Waals surface area contributed by atoms with Gasteiger partial charge in [0.2, 0.25) is 0 Å². The Morgan fingerprint density at radius 3 is 2.69 bits per heavy atom. The maximum absolute atomic E-state index is 13.2. The van der Waals surface area contributed by atoms with E-state index in [1.807, 2.05) is 4.90 Å². The Balaban J connectivity index is 1.61. The van der Waals surface area contributed by atoms with Crippen molar-refractivity contribution in [3.8, 4) is 11.3 Å². The SMILES string of the molecule is O=C(c1ccn[nH]1)N1CCC[C@@H](c2nccnc2-c2ccc(F)cc2)C1. The molecule has 1 N–H and O–H groups in total. The first-order valence-electron chi connectivity index (χ1n) is 8.58. The summed E-state index contributed by atoms with van der Waals surface area (Å²) in [6.45, 7) is 1.28. The number of aromatic amines is 1. The summed E-state index contributed by atoms with van der Waals surface area (Å²) in [7, 11) is 0. The smallest absolute Gasteiger partial charge is 0.271 e. The molecule has 1 amide bonds. The van der Waals surface area contributed by atoms with Gasteiger partial charge in [-0.3, -0.25) is 19.9 Å². The highest BCUT2D eigenvalue weighted by atomic mass is 19.1. The summed E-state index contributed by atoms with van der Waals surface area (Å²) in [6, 6.07) is 7.93. The number of rotatable bonds is 3. The van der Waals surface area contributed by atoms with Crippen molar-refractivity contribution in [1.29, 1.82) is 0 Å². The lowest BCUT2D eigenvalue weighted by molar-refractivity contribution is 0.0700. The van der Waals surface area contributed by atoms with Crippen molar-refractivity contribution in [3.05, 3.63) is 66.1 Å². The van der Waals surface area contributed by atoms with Crippen molar-refractivity contribution in [1.82, 2.24) is 25.1 Å². The molecule has 3 heterocycles. The third kappa shape index (κ3) is 3.20. The molecule has 1 fully saturated rings. The number of piperidine rings is 1. The van der Waals surface area contributed by atoms with Crippen molar-refractivity contribution >= 4 is 5.91 Å². The van der Waals surface area contributed by atoms with E-state index in [1.165, 1.54) is 12.1 Å². The number of H-pyrrole nitrogens is 1. The maximum atomic E-state index is 13.2. The molecule has 0 radical (unpaired) electrons. The van der Waals surface area contributed by atoms with Gasteiger partial charge in [-0.25, -0.2) is 4.39 Å². The molecule has 1 saturated heterocycles. The summed E-state index contributed by atoms with van der Waals surface area (Å²) >= 11 is 0. The molecule has 0 spiro atoms. The number of amides is 1. The Kier molecular flexibility index (Phi) is 4.43. The number of aromatic nitrogens is 4. The highest BCUT2D eigenvalue weighted by Crippen LogP contribution is 2.32. The number of nitrogens with one attached hydrogen (secondary N) is 1. The summed E-state index contributed by atoms with van der Waals surface area (Å²) in [5.74, 6) is -0.253. The van der Waals surface area contributed by atoms with Gasteiger partial charge in [-0.2, -0.15) is 5.10 Å². The lowest BCUT2D eigenvalue weighted by Gasteiger charge is -2.32. The topological polar surface area (TPSA) is 74.8 Å². The van der Waals surface area contributed by atoms with Crippen molar-refractivity contribution in [2.24, 2.45) is 0 Å². The summed E-state index contributed by atoms with van der Waals surface area (Å²) in [5, 5.41) is 6.58. The predicted octanol–water partition coefficient (Wildman–Crippen LogP) is 3.03. The van der Waals surface area contributed by atoms with E-state index in [0.29, 0.717) is 18.8 Å². The van der Waals surface area contributed by atoms with Crippen LogP contribution in [0.25, 0.3) is 11.3 Å². The molecule has 3 aromatic rings. The van der Waals surface area contributed by atoms with Gasteiger partial charge >= 0.3 is 0 Å². The molecule has 4 rings (SSSR count). The molecule has 7 heteroatoms. The Morgan fingerprint density at radius 1 is 1.12 bits per heavy atom. The second-order valence-corrected chi connectivity index (χ2v) is 6.36. The molecule has 1 aliphatic rings. The third-order valence-corrected chi connectivity index (χ3v) is 4.67. The third-order valence-electron chi connectivity index (χ3n) is 4.67. The van der Waals surface area contributed by atoms with Crippen LogP contribution >= 0.6 is 0 Å². The Morgan fingerprint density at radius 2 is 1.92 bits per heavy atom. The van der Waals surface area contributed by atoms with Crippen LogP contribution in [0.15, 0.2) is 48.9 Å². The summed E-state index contributed by atoms with van der Waals surface area (Å²) in [4.78, 5) is 23.4. The molecule has 0 saturated carbocycles. The second kappa shape index (κ2) is 7.03. The fourth-order valence-electron chi connectivity index (χ4n) is 3.41. The van der Waals surface area contributed by atoms with E-state index in [1.54, 1.807) is 36.8 Å². The summed E-state index contributed by atoms with van der Waals surface area (Å²) in [6.07, 6.45) is 6.70. The van der Waals surface area contributed by atoms with Gasteiger partial charge in [-0.15, -0.1) is 0 Å². The minimum atomic E-state index is -0.284. The predicted molar refractivity (Wildman–Crippen MR) is 93.9 cm³/mol. The van der Waals surface area contributed by atoms with E-state index in [-0.39, 0.29) is 17.6 Å². The average Bonchev–Trinajstić information content (AvgIpc) is 3.23. The molecule has 0 aliphatic carbocycles. The van der Waals surface area contributed by atoms with Crippen molar-refractivity contribution in [2.45, 2.75) is 18.8 Å². The maximum Gasteiger partial charge on any atom is 0.271 e. The minimum absolute atomic E-state index is 0.0561. The largest absolute Gasteiger partial charge is 0.337 e. The van der Waals surface area contributed by atoms with Gasteiger partial charge < -0.3 is 4.90 Å². The molecule has 1 aromatic carbocycles. The number of likely N-dealkylation sites (tertiary alicyclic amines) is 1. The highest BCUT2D eigenvalue weighted by molar-refractivity contribution is 5.92. The number of nitrogens with zero attached hydrogens (tertiary/aromatic N) is 4. The number of carbonyl (C=O) groups is 1. The molecule has 1 aliphatic heterocycles. The molecule has 2 aromatic heterocycles. The number of hydrogen-bond acceptors (Lipinski definition) is 4. The van der Waals surface area contributed by atoms with Crippen LogP contribution < -0.4 is 0 Å². The van der Waals surface area contributed by atoms with E-state index >= 15 is 0 Å². The quantitative estimate of drug-likeness (QED) is 0.787. The molecule has 132 valence electrons. The van der Waals surface area contributed by atoms with Gasteiger partial charge in [-0.1, -0.05) is 0 Å². The van der Waals surface area contributed by atoms with Crippen LogP contribution in [0, 0.1) is 5.82 Å². The zero-order valence-electron chi connectivity index (χ0n) is 14.1. The van der Waals surface area contributed by atoms with E-state index in [0.717, 1.165) is 29.8 Å². The Labute approximate surface area is 150 Å². The lowest BCUT2D eigenvalue weighted by Crippen LogP contribution is -2.39. The van der Waals surface area contributed by atoms with Gasteiger partial charge in [0.05, 0.1) is 11.4 Å². The Bertz CT molecular complexity index is 895. The van der Waals surface area contributed by atoms with Gasteiger partial charge in [0.25, 0.3) is 5.91 Å². The molecular weight excluding hydrogens is 333 g/mol. The molecule has 1 atom stereocenters. The zero-order valence-corrected chi connectivity index (χ0v) is 14.1. The van der Waals surface area contributed by atoms with E-state index in [2.05, 4.69) is 20.2 Å². The van der Waals surface area contributed by atoms with E-state index in [4.69, 9.17) is 0 Å². The number of carbonyl (C=O) groups excluding carboxylic acids is 1. The van der Waals surface area contributed by atoms with Crippen molar-refractivity contribution in [2.75, 3.05) is 13.1 Å². The minimum Gasteiger partial charge on any atom is -0.337 e. The monoisotopic (exact) mass is 351 g/mol. The van der Waals surface area contributed by atoms with Gasteiger partial charge in [0.15, 0.2) is 0 Å². The first-order valence-corrected chi connectivity index (χ1v) is 8.58. The van der Waals surface area contributed by atoms with Crippen LogP contribution in [-0.2, 0) is 0 Å². The normalized spacial score (nSPS) is 17.3. The molecular formula is C19H18FN5O. The summed E-state index contributed by atoms with van der Waals surface area (Å²) in [5.41, 5.74) is 2.91. The second-order valence-electron chi connectivity index (χ2n) is 6.36. The number of benzene rings is 1. The van der Waals surface area contributed by atoms with Crippen molar-refractivity contribution in [3.63, 3.8) is 0 Å². The van der Waals surface area contributed by atoms with Crippen LogP contribution in [0.1, 0.15) is 34.9 Å².